The van der Waals surface area contributed by atoms with Gasteiger partial charge in [0.25, 0.3) is 5.56 Å². The molecule has 0 aliphatic carbocycles. The van der Waals surface area contributed by atoms with Crippen LogP contribution in [-0.4, -0.2) is 9.78 Å². The lowest BCUT2D eigenvalue weighted by Crippen LogP contribution is -2.26. The van der Waals surface area contributed by atoms with Crippen LogP contribution in [0.2, 0.25) is 0 Å². The fraction of sp³-hybridized carbons (Fsp3) is 0.786. The smallest absolute Gasteiger partial charge is 0.270 e. The molecule has 3 heteroatoms. The van der Waals surface area contributed by atoms with Gasteiger partial charge in [-0.15, -0.1) is 0 Å². The van der Waals surface area contributed by atoms with Crippen LogP contribution in [0, 0.1) is 0 Å². The van der Waals surface area contributed by atoms with Crippen LogP contribution in [0.15, 0.2) is 4.79 Å². The number of rotatable bonds is 5. The molecule has 0 aliphatic rings. The quantitative estimate of drug-likeness (QED) is 0.840. The molecule has 0 fully saturated rings. The number of aryl methyl sites for hydroxylation is 2. The second-order valence-corrected chi connectivity index (χ2v) is 5.78. The Labute approximate surface area is 104 Å². The van der Waals surface area contributed by atoms with Crippen molar-refractivity contribution in [2.75, 3.05) is 0 Å². The van der Waals surface area contributed by atoms with Gasteiger partial charge in [0.2, 0.25) is 0 Å². The Kier molecular flexibility index (Phi) is 4.61. The Morgan fingerprint density at radius 1 is 1.18 bits per heavy atom. The highest BCUT2D eigenvalue weighted by Crippen LogP contribution is 2.23. The van der Waals surface area contributed by atoms with Crippen LogP contribution in [0.25, 0.3) is 0 Å². The van der Waals surface area contributed by atoms with E-state index in [4.69, 9.17) is 0 Å². The first-order valence-corrected chi connectivity index (χ1v) is 6.74. The molecule has 0 aromatic carbocycles. The first-order chi connectivity index (χ1) is 7.91. The van der Waals surface area contributed by atoms with Crippen molar-refractivity contribution in [3.05, 3.63) is 21.6 Å². The molecule has 0 unspecified atom stereocenters. The summed E-state index contributed by atoms with van der Waals surface area (Å²) in [5.41, 5.74) is 2.21. The Morgan fingerprint density at radius 2 is 1.82 bits per heavy atom. The number of nitrogens with one attached hydrogen (secondary N) is 1. The minimum atomic E-state index is -0.0738. The van der Waals surface area contributed by atoms with Gasteiger partial charge in [0, 0.05) is 17.8 Å². The van der Waals surface area contributed by atoms with Crippen molar-refractivity contribution < 1.29 is 0 Å². The number of hydrogen-bond donors (Lipinski definition) is 1. The first-order valence-electron chi connectivity index (χ1n) is 6.74. The average molecular weight is 238 g/mol. The SMILES string of the molecule is CCCCc1[nH]n(CCC)c(=O)c1C(C)(C)C. The van der Waals surface area contributed by atoms with Crippen LogP contribution < -0.4 is 5.56 Å². The van der Waals surface area contributed by atoms with Gasteiger partial charge in [0.1, 0.15) is 0 Å². The third-order valence-electron chi connectivity index (χ3n) is 3.01. The van der Waals surface area contributed by atoms with Crippen LogP contribution in [0.3, 0.4) is 0 Å². The predicted octanol–water partition coefficient (Wildman–Crippen LogP) is 3.23. The average Bonchev–Trinajstić information content (AvgIpc) is 2.53. The van der Waals surface area contributed by atoms with E-state index in [1.807, 2.05) is 0 Å². The van der Waals surface area contributed by atoms with E-state index in [9.17, 15) is 4.79 Å². The van der Waals surface area contributed by atoms with Gasteiger partial charge in [-0.25, -0.2) is 0 Å². The van der Waals surface area contributed by atoms with Gasteiger partial charge in [-0.3, -0.25) is 14.6 Å². The molecule has 1 heterocycles. The van der Waals surface area contributed by atoms with E-state index >= 15 is 0 Å². The molecule has 0 spiro atoms. The topological polar surface area (TPSA) is 37.8 Å². The summed E-state index contributed by atoms with van der Waals surface area (Å²) in [5.74, 6) is 0. The molecule has 1 aromatic heterocycles. The molecular weight excluding hydrogens is 212 g/mol. The van der Waals surface area contributed by atoms with Crippen molar-refractivity contribution in [1.82, 2.24) is 9.78 Å². The highest BCUT2D eigenvalue weighted by Gasteiger charge is 2.24. The third kappa shape index (κ3) is 3.24. The molecule has 98 valence electrons. The molecule has 3 nitrogen and oxygen atoms in total. The zero-order valence-corrected chi connectivity index (χ0v) is 11.9. The van der Waals surface area contributed by atoms with Gasteiger partial charge >= 0.3 is 0 Å². The van der Waals surface area contributed by atoms with Crippen LogP contribution in [0.4, 0.5) is 0 Å². The van der Waals surface area contributed by atoms with Crippen LogP contribution in [0.1, 0.15) is 65.1 Å². The summed E-state index contributed by atoms with van der Waals surface area (Å²) in [6.07, 6.45) is 4.26. The largest absolute Gasteiger partial charge is 0.299 e. The zero-order chi connectivity index (χ0) is 13.1. The molecular formula is C14H26N2O. The Bertz CT molecular complexity index is 407. The Balaban J connectivity index is 3.18. The van der Waals surface area contributed by atoms with Crippen molar-refractivity contribution in [1.29, 1.82) is 0 Å². The summed E-state index contributed by atoms with van der Waals surface area (Å²) in [6, 6.07) is 0. The van der Waals surface area contributed by atoms with Gasteiger partial charge in [0.15, 0.2) is 0 Å². The third-order valence-corrected chi connectivity index (χ3v) is 3.01. The standard InChI is InChI=1S/C14H26N2O/c1-6-8-9-11-12(14(3,4)5)13(17)16(15-11)10-7-2/h15H,6-10H2,1-5H3. The van der Waals surface area contributed by atoms with Crippen LogP contribution in [-0.2, 0) is 18.4 Å². The molecule has 0 amide bonds. The summed E-state index contributed by atoms with van der Waals surface area (Å²) in [5, 5.41) is 3.30. The molecule has 1 aromatic rings. The lowest BCUT2D eigenvalue weighted by atomic mass is 9.86. The number of nitrogens with zero attached hydrogens (tertiary/aromatic N) is 1. The van der Waals surface area contributed by atoms with Gasteiger partial charge < -0.3 is 0 Å². The van der Waals surface area contributed by atoms with Crippen molar-refractivity contribution >= 4 is 0 Å². The zero-order valence-electron chi connectivity index (χ0n) is 11.9. The van der Waals surface area contributed by atoms with Crippen molar-refractivity contribution in [3.8, 4) is 0 Å². The monoisotopic (exact) mass is 238 g/mol. The van der Waals surface area contributed by atoms with E-state index < -0.39 is 0 Å². The summed E-state index contributed by atoms with van der Waals surface area (Å²) in [4.78, 5) is 12.3. The van der Waals surface area contributed by atoms with E-state index in [1.165, 1.54) is 0 Å². The van der Waals surface area contributed by atoms with Gasteiger partial charge in [0.05, 0.1) is 0 Å². The van der Waals surface area contributed by atoms with Crippen LogP contribution >= 0.6 is 0 Å². The highest BCUT2D eigenvalue weighted by atomic mass is 16.1. The van der Waals surface area contributed by atoms with Gasteiger partial charge in [-0.1, -0.05) is 41.0 Å². The molecule has 0 aliphatic heterocycles. The van der Waals surface area contributed by atoms with E-state index in [2.05, 4.69) is 39.7 Å². The molecule has 1 N–H and O–H groups in total. The molecule has 17 heavy (non-hydrogen) atoms. The van der Waals surface area contributed by atoms with Gasteiger partial charge in [-0.05, 0) is 24.7 Å². The van der Waals surface area contributed by atoms with Crippen molar-refractivity contribution in [2.24, 2.45) is 0 Å². The lowest BCUT2D eigenvalue weighted by molar-refractivity contribution is 0.561. The van der Waals surface area contributed by atoms with E-state index in [0.717, 1.165) is 43.5 Å². The molecule has 0 saturated carbocycles. The summed E-state index contributed by atoms with van der Waals surface area (Å²) < 4.78 is 1.77. The Hall–Kier alpha value is -0.990. The van der Waals surface area contributed by atoms with Crippen LogP contribution in [0.5, 0.6) is 0 Å². The second-order valence-electron chi connectivity index (χ2n) is 5.78. The first kappa shape index (κ1) is 14.1. The number of H-pyrrole nitrogens is 1. The minimum Gasteiger partial charge on any atom is -0.299 e. The maximum atomic E-state index is 12.3. The minimum absolute atomic E-state index is 0.0738. The maximum absolute atomic E-state index is 12.3. The van der Waals surface area contributed by atoms with E-state index in [-0.39, 0.29) is 11.0 Å². The predicted molar refractivity (Wildman–Crippen MR) is 72.7 cm³/mol. The number of aromatic amines is 1. The lowest BCUT2D eigenvalue weighted by Gasteiger charge is -2.17. The molecule has 0 atom stereocenters. The molecule has 0 saturated heterocycles. The summed E-state index contributed by atoms with van der Waals surface area (Å²) in [7, 11) is 0. The summed E-state index contributed by atoms with van der Waals surface area (Å²) in [6.45, 7) is 11.4. The molecule has 1 rings (SSSR count). The maximum Gasteiger partial charge on any atom is 0.270 e. The van der Waals surface area contributed by atoms with Crippen molar-refractivity contribution in [3.63, 3.8) is 0 Å². The number of hydrogen-bond acceptors (Lipinski definition) is 1. The summed E-state index contributed by atoms with van der Waals surface area (Å²) >= 11 is 0. The highest BCUT2D eigenvalue weighted by molar-refractivity contribution is 5.25. The van der Waals surface area contributed by atoms with Gasteiger partial charge in [-0.2, -0.15) is 0 Å². The number of unbranched alkanes of at least 4 members (excludes halogenated alkanes) is 1. The normalized spacial score (nSPS) is 12.1. The molecule has 0 radical (unpaired) electrons. The van der Waals surface area contributed by atoms with Crippen molar-refractivity contribution in [2.45, 2.75) is 72.3 Å². The fourth-order valence-electron chi connectivity index (χ4n) is 2.22. The Morgan fingerprint density at radius 3 is 2.29 bits per heavy atom. The van der Waals surface area contributed by atoms with E-state index in [1.54, 1.807) is 4.68 Å². The van der Waals surface area contributed by atoms with E-state index in [0.29, 0.717) is 0 Å². The fourth-order valence-corrected chi connectivity index (χ4v) is 2.22. The number of aromatic nitrogens is 2. The second kappa shape index (κ2) is 5.56. The molecule has 0 bridgehead atoms.